The fourth-order valence-corrected chi connectivity index (χ4v) is 3.92. The highest BCUT2D eigenvalue weighted by atomic mass is 35.5. The summed E-state index contributed by atoms with van der Waals surface area (Å²) in [5, 5.41) is 5.85. The SMILES string of the molecule is O=C(CCSc1ccc(Cl)cc1)N/N=C\c1ccc(OCc2ccc(Cl)cc2Cl)cc1. The molecular formula is C23H19Cl3N2O2S. The van der Waals surface area contributed by atoms with Gasteiger partial charge in [0.25, 0.3) is 0 Å². The Balaban J connectivity index is 1.39. The number of hydrogen-bond donors (Lipinski definition) is 1. The van der Waals surface area contributed by atoms with Gasteiger partial charge in [-0.2, -0.15) is 5.10 Å². The molecule has 0 unspecified atom stereocenters. The van der Waals surface area contributed by atoms with Crippen LogP contribution in [0.4, 0.5) is 0 Å². The normalized spacial score (nSPS) is 10.9. The third kappa shape index (κ3) is 8.11. The van der Waals surface area contributed by atoms with E-state index in [1.54, 1.807) is 30.1 Å². The number of rotatable bonds is 9. The van der Waals surface area contributed by atoms with E-state index in [0.717, 1.165) is 16.0 Å². The van der Waals surface area contributed by atoms with Crippen LogP contribution in [0.5, 0.6) is 5.75 Å². The van der Waals surface area contributed by atoms with Crippen LogP contribution in [0.15, 0.2) is 76.7 Å². The molecule has 3 aromatic rings. The lowest BCUT2D eigenvalue weighted by Gasteiger charge is -2.08. The largest absolute Gasteiger partial charge is 0.489 e. The van der Waals surface area contributed by atoms with Crippen molar-refractivity contribution in [1.29, 1.82) is 0 Å². The fraction of sp³-hybridized carbons (Fsp3) is 0.130. The highest BCUT2D eigenvalue weighted by Crippen LogP contribution is 2.23. The molecule has 1 N–H and O–H groups in total. The fourth-order valence-electron chi connectivity index (χ4n) is 2.48. The summed E-state index contributed by atoms with van der Waals surface area (Å²) in [6, 6.07) is 20.2. The maximum absolute atomic E-state index is 11.9. The minimum Gasteiger partial charge on any atom is -0.489 e. The number of carbonyl (C=O) groups is 1. The second-order valence-electron chi connectivity index (χ2n) is 6.44. The molecule has 0 aliphatic heterocycles. The van der Waals surface area contributed by atoms with Gasteiger partial charge < -0.3 is 4.74 Å². The maximum Gasteiger partial charge on any atom is 0.240 e. The van der Waals surface area contributed by atoms with Crippen LogP contribution in [-0.2, 0) is 11.4 Å². The van der Waals surface area contributed by atoms with Gasteiger partial charge in [0.05, 0.1) is 6.21 Å². The second-order valence-corrected chi connectivity index (χ2v) is 8.89. The molecule has 160 valence electrons. The van der Waals surface area contributed by atoms with Crippen LogP contribution in [0.1, 0.15) is 17.5 Å². The minimum atomic E-state index is -0.141. The Labute approximate surface area is 200 Å². The van der Waals surface area contributed by atoms with Gasteiger partial charge in [0.15, 0.2) is 0 Å². The van der Waals surface area contributed by atoms with E-state index in [1.807, 2.05) is 54.6 Å². The van der Waals surface area contributed by atoms with Crippen molar-refractivity contribution >= 4 is 58.7 Å². The van der Waals surface area contributed by atoms with Crippen molar-refractivity contribution < 1.29 is 9.53 Å². The molecule has 0 atom stereocenters. The average Bonchev–Trinajstić information content (AvgIpc) is 2.75. The molecule has 0 fully saturated rings. The van der Waals surface area contributed by atoms with Crippen molar-refractivity contribution in [3.8, 4) is 5.75 Å². The van der Waals surface area contributed by atoms with Crippen molar-refractivity contribution in [3.63, 3.8) is 0 Å². The summed E-state index contributed by atoms with van der Waals surface area (Å²) in [7, 11) is 0. The lowest BCUT2D eigenvalue weighted by molar-refractivity contribution is -0.120. The Bertz CT molecular complexity index is 1040. The van der Waals surface area contributed by atoms with Gasteiger partial charge in [-0.1, -0.05) is 40.9 Å². The van der Waals surface area contributed by atoms with Gasteiger partial charge in [0.2, 0.25) is 5.91 Å². The monoisotopic (exact) mass is 492 g/mol. The highest BCUT2D eigenvalue weighted by molar-refractivity contribution is 7.99. The lowest BCUT2D eigenvalue weighted by Crippen LogP contribution is -2.17. The molecule has 0 heterocycles. The molecule has 31 heavy (non-hydrogen) atoms. The van der Waals surface area contributed by atoms with E-state index < -0.39 is 0 Å². The van der Waals surface area contributed by atoms with Crippen molar-refractivity contribution in [2.24, 2.45) is 5.10 Å². The van der Waals surface area contributed by atoms with Crippen LogP contribution in [0.2, 0.25) is 15.1 Å². The van der Waals surface area contributed by atoms with E-state index in [2.05, 4.69) is 10.5 Å². The first-order valence-corrected chi connectivity index (χ1v) is 11.5. The molecule has 0 aliphatic carbocycles. The number of carbonyl (C=O) groups excluding carboxylic acids is 1. The molecule has 0 bridgehead atoms. The van der Waals surface area contributed by atoms with Crippen LogP contribution < -0.4 is 10.2 Å². The molecule has 4 nitrogen and oxygen atoms in total. The van der Waals surface area contributed by atoms with Gasteiger partial charge in [-0.05, 0) is 66.2 Å². The van der Waals surface area contributed by atoms with Gasteiger partial charge in [0.1, 0.15) is 12.4 Å². The second kappa shape index (κ2) is 12.0. The number of nitrogens with zero attached hydrogens (tertiary/aromatic N) is 1. The molecule has 3 aromatic carbocycles. The molecule has 0 aromatic heterocycles. The van der Waals surface area contributed by atoms with E-state index in [9.17, 15) is 4.79 Å². The summed E-state index contributed by atoms with van der Waals surface area (Å²) in [6.45, 7) is 0.341. The van der Waals surface area contributed by atoms with Gasteiger partial charge in [-0.15, -0.1) is 11.8 Å². The van der Waals surface area contributed by atoms with E-state index in [-0.39, 0.29) is 5.91 Å². The lowest BCUT2D eigenvalue weighted by atomic mass is 10.2. The zero-order valence-electron chi connectivity index (χ0n) is 16.4. The standard InChI is InChI=1S/C23H19Cl3N2O2S/c24-18-5-9-21(10-6-18)31-12-11-23(29)28-27-14-16-1-7-20(8-2-16)30-15-17-3-4-19(25)13-22(17)26/h1-10,13-14H,11-12,15H2,(H,28,29)/b27-14-. The van der Waals surface area contributed by atoms with E-state index >= 15 is 0 Å². The number of halogens is 3. The Kier molecular flexibility index (Phi) is 9.10. The number of hydrogen-bond acceptors (Lipinski definition) is 4. The number of nitrogens with one attached hydrogen (secondary N) is 1. The van der Waals surface area contributed by atoms with Gasteiger partial charge >= 0.3 is 0 Å². The summed E-state index contributed by atoms with van der Waals surface area (Å²) >= 11 is 19.5. The van der Waals surface area contributed by atoms with Crippen LogP contribution in [-0.4, -0.2) is 17.9 Å². The molecule has 0 spiro atoms. The van der Waals surface area contributed by atoms with Gasteiger partial charge in [-0.3, -0.25) is 4.79 Å². The Morgan fingerprint density at radius 3 is 2.39 bits per heavy atom. The summed E-state index contributed by atoms with van der Waals surface area (Å²) in [6.07, 6.45) is 1.95. The van der Waals surface area contributed by atoms with Crippen LogP contribution >= 0.6 is 46.6 Å². The minimum absolute atomic E-state index is 0.141. The Hall–Kier alpha value is -2.18. The summed E-state index contributed by atoms with van der Waals surface area (Å²) in [5.74, 6) is 1.22. The number of ether oxygens (including phenoxy) is 1. The summed E-state index contributed by atoms with van der Waals surface area (Å²) in [4.78, 5) is 13.0. The number of amides is 1. The Morgan fingerprint density at radius 1 is 0.968 bits per heavy atom. The third-order valence-corrected chi connectivity index (χ3v) is 5.96. The highest BCUT2D eigenvalue weighted by Gasteiger charge is 2.03. The number of thioether (sulfide) groups is 1. The van der Waals surface area contributed by atoms with E-state index in [4.69, 9.17) is 39.5 Å². The van der Waals surface area contributed by atoms with E-state index in [0.29, 0.717) is 39.6 Å². The molecule has 0 radical (unpaired) electrons. The molecule has 8 heteroatoms. The zero-order valence-corrected chi connectivity index (χ0v) is 19.4. The van der Waals surface area contributed by atoms with Crippen molar-refractivity contribution in [2.45, 2.75) is 17.9 Å². The molecule has 0 aliphatic rings. The van der Waals surface area contributed by atoms with Crippen molar-refractivity contribution in [2.75, 3.05) is 5.75 Å². The number of hydrazone groups is 1. The van der Waals surface area contributed by atoms with Crippen LogP contribution in [0.3, 0.4) is 0 Å². The van der Waals surface area contributed by atoms with Crippen molar-refractivity contribution in [1.82, 2.24) is 5.43 Å². The first kappa shape index (κ1) is 23.5. The molecule has 1 amide bonds. The number of benzene rings is 3. The smallest absolute Gasteiger partial charge is 0.240 e. The molecular weight excluding hydrogens is 475 g/mol. The zero-order chi connectivity index (χ0) is 22.1. The maximum atomic E-state index is 11.9. The third-order valence-electron chi connectivity index (χ3n) is 4.10. The van der Waals surface area contributed by atoms with Crippen LogP contribution in [0.25, 0.3) is 0 Å². The summed E-state index contributed by atoms with van der Waals surface area (Å²) in [5.41, 5.74) is 4.23. The molecule has 3 rings (SSSR count). The first-order valence-electron chi connectivity index (χ1n) is 9.37. The van der Waals surface area contributed by atoms with Crippen LogP contribution in [0, 0.1) is 0 Å². The topological polar surface area (TPSA) is 50.7 Å². The predicted octanol–water partition coefficient (Wildman–Crippen LogP) is 6.86. The van der Waals surface area contributed by atoms with E-state index in [1.165, 1.54) is 0 Å². The summed E-state index contributed by atoms with van der Waals surface area (Å²) < 4.78 is 5.75. The quantitative estimate of drug-likeness (QED) is 0.201. The molecule has 0 saturated carbocycles. The molecule has 0 saturated heterocycles. The predicted molar refractivity (Wildman–Crippen MR) is 130 cm³/mol. The average molecular weight is 494 g/mol. The Morgan fingerprint density at radius 2 is 1.68 bits per heavy atom. The first-order chi connectivity index (χ1) is 15.0. The van der Waals surface area contributed by atoms with Gasteiger partial charge in [-0.25, -0.2) is 5.43 Å². The van der Waals surface area contributed by atoms with Crippen molar-refractivity contribution in [3.05, 3.63) is 92.9 Å². The van der Waals surface area contributed by atoms with Gasteiger partial charge in [0, 0.05) is 37.7 Å².